The van der Waals surface area contributed by atoms with Crippen LogP contribution in [0.25, 0.3) is 22.4 Å². The Hall–Kier alpha value is -3.73. The number of hydrogen-bond donors (Lipinski definition) is 0. The maximum Gasteiger partial charge on any atom is 0.435 e. The lowest BCUT2D eigenvalue weighted by atomic mass is 10.2. The van der Waals surface area contributed by atoms with Gasteiger partial charge in [-0.05, 0) is 48.9 Å². The average molecular weight is 477 g/mol. The fourth-order valence-electron chi connectivity index (χ4n) is 3.70. The molecular formula is C21H13ClF4N6O. The van der Waals surface area contributed by atoms with E-state index < -0.39 is 23.2 Å². The molecule has 0 N–H and O–H groups in total. The van der Waals surface area contributed by atoms with Gasteiger partial charge in [-0.15, -0.1) is 0 Å². The second-order valence-electron chi connectivity index (χ2n) is 7.36. The average Bonchev–Trinajstić information content (AvgIpc) is 3.39. The van der Waals surface area contributed by atoms with Gasteiger partial charge in [0.2, 0.25) is 5.28 Å². The van der Waals surface area contributed by atoms with Crippen LogP contribution in [-0.2, 0) is 12.7 Å². The standard InChI is InChI=1S/C21H13ClF4N6O/c1-11-7-17(21(24,25)26)29-32(11)13-5-4-12(14(23)8-13)10-31-18-16(9-27-20(22)28-18)30-6-2-3-15(30)19(31)33/h2-9H,10H2,1H3. The van der Waals surface area contributed by atoms with E-state index in [4.69, 9.17) is 11.6 Å². The highest BCUT2D eigenvalue weighted by Crippen LogP contribution is 2.29. The van der Waals surface area contributed by atoms with E-state index in [-0.39, 0.29) is 34.4 Å². The van der Waals surface area contributed by atoms with Gasteiger partial charge in [0.25, 0.3) is 5.56 Å². The molecule has 4 heterocycles. The van der Waals surface area contributed by atoms with Gasteiger partial charge in [-0.3, -0.25) is 9.36 Å². The number of alkyl halides is 3. The van der Waals surface area contributed by atoms with Gasteiger partial charge in [0.05, 0.1) is 18.4 Å². The van der Waals surface area contributed by atoms with E-state index >= 15 is 4.39 Å². The van der Waals surface area contributed by atoms with Crippen LogP contribution in [0.4, 0.5) is 17.6 Å². The number of aromatic nitrogens is 6. The van der Waals surface area contributed by atoms with Gasteiger partial charge in [0.1, 0.15) is 16.9 Å². The Labute approximate surface area is 187 Å². The van der Waals surface area contributed by atoms with E-state index in [0.29, 0.717) is 11.0 Å². The SMILES string of the molecule is Cc1cc(C(F)(F)F)nn1-c1ccc(Cn2c(=O)c3cccn3c3cnc(Cl)nc32)c(F)c1. The Morgan fingerprint density at radius 2 is 1.91 bits per heavy atom. The molecule has 0 radical (unpaired) electrons. The van der Waals surface area contributed by atoms with E-state index in [1.54, 1.807) is 22.7 Å². The van der Waals surface area contributed by atoms with Gasteiger partial charge in [-0.1, -0.05) is 6.07 Å². The molecule has 0 aliphatic rings. The van der Waals surface area contributed by atoms with Crippen molar-refractivity contribution in [2.45, 2.75) is 19.6 Å². The lowest BCUT2D eigenvalue weighted by Crippen LogP contribution is -2.24. The van der Waals surface area contributed by atoms with Crippen molar-refractivity contribution in [3.05, 3.63) is 87.2 Å². The van der Waals surface area contributed by atoms with Crippen LogP contribution in [0.3, 0.4) is 0 Å². The normalized spacial score (nSPS) is 12.2. The molecule has 12 heteroatoms. The molecule has 0 amide bonds. The highest BCUT2D eigenvalue weighted by Gasteiger charge is 2.34. The van der Waals surface area contributed by atoms with Gasteiger partial charge in [-0.2, -0.15) is 23.3 Å². The Balaban J connectivity index is 1.60. The molecule has 5 aromatic rings. The molecule has 0 bridgehead atoms. The first-order valence-corrected chi connectivity index (χ1v) is 9.96. The number of hydrogen-bond acceptors (Lipinski definition) is 4. The third-order valence-electron chi connectivity index (χ3n) is 5.24. The molecule has 0 aliphatic heterocycles. The monoisotopic (exact) mass is 476 g/mol. The topological polar surface area (TPSA) is 70.0 Å². The zero-order valence-corrected chi connectivity index (χ0v) is 17.6. The smallest absolute Gasteiger partial charge is 0.308 e. The van der Waals surface area contributed by atoms with Gasteiger partial charge < -0.3 is 4.40 Å². The first-order valence-electron chi connectivity index (χ1n) is 9.58. The van der Waals surface area contributed by atoms with Crippen LogP contribution in [0.5, 0.6) is 0 Å². The minimum absolute atomic E-state index is 0.0763. The summed E-state index contributed by atoms with van der Waals surface area (Å²) in [6.07, 6.45) is -1.47. The van der Waals surface area contributed by atoms with Crippen molar-refractivity contribution in [2.75, 3.05) is 0 Å². The fourth-order valence-corrected chi connectivity index (χ4v) is 3.83. The zero-order chi connectivity index (χ0) is 23.5. The number of halogens is 5. The summed E-state index contributed by atoms with van der Waals surface area (Å²) >= 11 is 5.93. The van der Waals surface area contributed by atoms with Crippen molar-refractivity contribution in [2.24, 2.45) is 0 Å². The molecule has 4 aromatic heterocycles. The molecule has 5 rings (SSSR count). The number of benzene rings is 1. The Morgan fingerprint density at radius 3 is 2.61 bits per heavy atom. The molecule has 1 aromatic carbocycles. The summed E-state index contributed by atoms with van der Waals surface area (Å²) in [7, 11) is 0. The highest BCUT2D eigenvalue weighted by molar-refractivity contribution is 6.28. The predicted octanol–water partition coefficient (Wildman–Crippen LogP) is 4.40. The van der Waals surface area contributed by atoms with Crippen LogP contribution in [0.15, 0.2) is 53.6 Å². The van der Waals surface area contributed by atoms with E-state index in [1.165, 1.54) is 29.8 Å². The van der Waals surface area contributed by atoms with E-state index in [2.05, 4.69) is 15.1 Å². The summed E-state index contributed by atoms with van der Waals surface area (Å²) in [6.45, 7) is 1.26. The second-order valence-corrected chi connectivity index (χ2v) is 7.70. The minimum atomic E-state index is -4.61. The maximum absolute atomic E-state index is 15.0. The summed E-state index contributed by atoms with van der Waals surface area (Å²) in [5.41, 5.74) is 0.0253. The van der Waals surface area contributed by atoms with Crippen molar-refractivity contribution in [1.29, 1.82) is 0 Å². The number of fused-ring (bicyclic) bond motifs is 3. The Bertz CT molecular complexity index is 1600. The molecule has 0 fully saturated rings. The van der Waals surface area contributed by atoms with Gasteiger partial charge in [0, 0.05) is 17.5 Å². The Kier molecular flexibility index (Phi) is 4.74. The van der Waals surface area contributed by atoms with Gasteiger partial charge in [0.15, 0.2) is 11.3 Å². The van der Waals surface area contributed by atoms with Crippen LogP contribution < -0.4 is 5.56 Å². The zero-order valence-electron chi connectivity index (χ0n) is 16.8. The van der Waals surface area contributed by atoms with Crippen LogP contribution in [-0.4, -0.2) is 28.7 Å². The third-order valence-corrected chi connectivity index (χ3v) is 5.42. The van der Waals surface area contributed by atoms with Crippen LogP contribution in [0.1, 0.15) is 17.0 Å². The third kappa shape index (κ3) is 3.54. The number of nitrogens with zero attached hydrogens (tertiary/aromatic N) is 6. The summed E-state index contributed by atoms with van der Waals surface area (Å²) < 4.78 is 57.8. The molecule has 0 atom stereocenters. The van der Waals surface area contributed by atoms with Crippen molar-refractivity contribution < 1.29 is 17.6 Å². The Morgan fingerprint density at radius 1 is 1.12 bits per heavy atom. The molecule has 0 unspecified atom stereocenters. The van der Waals surface area contributed by atoms with Crippen molar-refractivity contribution in [1.82, 2.24) is 28.7 Å². The second kappa shape index (κ2) is 7.41. The van der Waals surface area contributed by atoms with E-state index in [0.717, 1.165) is 16.8 Å². The summed E-state index contributed by atoms with van der Waals surface area (Å²) in [6, 6.07) is 8.08. The summed E-state index contributed by atoms with van der Waals surface area (Å²) in [5, 5.41) is 3.46. The minimum Gasteiger partial charge on any atom is -0.308 e. The fraction of sp³-hybridized carbons (Fsp3) is 0.143. The van der Waals surface area contributed by atoms with Crippen LogP contribution in [0, 0.1) is 12.7 Å². The molecular weight excluding hydrogens is 464 g/mol. The number of rotatable bonds is 3. The van der Waals surface area contributed by atoms with Crippen molar-refractivity contribution in [3.63, 3.8) is 0 Å². The molecule has 0 saturated carbocycles. The molecule has 0 aliphatic carbocycles. The largest absolute Gasteiger partial charge is 0.435 e. The maximum atomic E-state index is 15.0. The molecule has 33 heavy (non-hydrogen) atoms. The molecule has 7 nitrogen and oxygen atoms in total. The van der Waals surface area contributed by atoms with Crippen molar-refractivity contribution in [3.8, 4) is 5.69 Å². The van der Waals surface area contributed by atoms with Crippen molar-refractivity contribution >= 4 is 28.3 Å². The molecule has 0 saturated heterocycles. The molecule has 168 valence electrons. The lowest BCUT2D eigenvalue weighted by molar-refractivity contribution is -0.141. The first kappa shape index (κ1) is 21.1. The van der Waals surface area contributed by atoms with E-state index in [1.807, 2.05) is 0 Å². The summed E-state index contributed by atoms with van der Waals surface area (Å²) in [5.74, 6) is -0.716. The van der Waals surface area contributed by atoms with E-state index in [9.17, 15) is 18.0 Å². The highest BCUT2D eigenvalue weighted by atomic mass is 35.5. The first-order chi connectivity index (χ1) is 15.6. The summed E-state index contributed by atoms with van der Waals surface area (Å²) in [4.78, 5) is 21.2. The van der Waals surface area contributed by atoms with Crippen LogP contribution in [0.2, 0.25) is 5.28 Å². The predicted molar refractivity (Wildman–Crippen MR) is 112 cm³/mol. The number of aryl methyl sites for hydroxylation is 1. The van der Waals surface area contributed by atoms with Crippen LogP contribution >= 0.6 is 11.6 Å². The lowest BCUT2D eigenvalue weighted by Gasteiger charge is -2.13. The quantitative estimate of drug-likeness (QED) is 0.286. The molecule has 0 spiro atoms. The van der Waals surface area contributed by atoms with Gasteiger partial charge in [-0.25, -0.2) is 14.1 Å². The van der Waals surface area contributed by atoms with Gasteiger partial charge >= 0.3 is 6.18 Å².